The molecule has 1 fully saturated rings. The van der Waals surface area contributed by atoms with Crippen molar-refractivity contribution in [3.05, 3.63) is 74.7 Å². The second-order valence-corrected chi connectivity index (χ2v) is 10.7. The van der Waals surface area contributed by atoms with Crippen LogP contribution in [0.2, 0.25) is 5.02 Å². The van der Waals surface area contributed by atoms with E-state index >= 15 is 0 Å². The molecule has 4 atom stereocenters. The first kappa shape index (κ1) is 23.7. The Morgan fingerprint density at radius 3 is 2.64 bits per heavy atom. The van der Waals surface area contributed by atoms with Gasteiger partial charge in [-0.25, -0.2) is 8.42 Å². The molecule has 10 heteroatoms. The number of nitrogens with one attached hydrogen (secondary N) is 1. The van der Waals surface area contributed by atoms with Crippen molar-refractivity contribution in [3.8, 4) is 0 Å². The molecule has 0 unspecified atom stereocenters. The summed E-state index contributed by atoms with van der Waals surface area (Å²) in [4.78, 5) is 26.2. The number of aliphatic hydroxyl groups excluding tert-OH is 1. The zero-order chi connectivity index (χ0) is 23.9. The van der Waals surface area contributed by atoms with E-state index < -0.39 is 39.8 Å². The Hall–Kier alpha value is -2.46. The number of benzene rings is 1. The van der Waals surface area contributed by atoms with Crippen LogP contribution in [-0.4, -0.2) is 47.2 Å². The van der Waals surface area contributed by atoms with Gasteiger partial charge in [0.1, 0.15) is 6.04 Å². The van der Waals surface area contributed by atoms with Gasteiger partial charge >= 0.3 is 0 Å². The highest BCUT2D eigenvalue weighted by atomic mass is 35.5. The number of carbonyl (C=O) groups is 1. The average molecular weight is 492 g/mol. The summed E-state index contributed by atoms with van der Waals surface area (Å²) < 4.78 is 28.5. The van der Waals surface area contributed by atoms with Crippen molar-refractivity contribution in [1.29, 1.82) is 0 Å². The smallest absolute Gasteiger partial charge is 0.258 e. The number of hydrogen-bond acceptors (Lipinski definition) is 5. The normalized spacial score (nSPS) is 24.7. The number of nitrogens with zero attached hydrogens (tertiary/aromatic N) is 2. The predicted molar refractivity (Wildman–Crippen MR) is 126 cm³/mol. The van der Waals surface area contributed by atoms with E-state index in [1.54, 1.807) is 53.1 Å². The number of amides is 1. The number of allylic oxidation sites excluding steroid dienone is 1. The number of sulfonamides is 1. The average Bonchev–Trinajstić information content (AvgIpc) is 3.29. The fourth-order valence-corrected chi connectivity index (χ4v) is 6.61. The van der Waals surface area contributed by atoms with Crippen LogP contribution in [0, 0.1) is 11.8 Å². The van der Waals surface area contributed by atoms with Gasteiger partial charge in [0, 0.05) is 47.8 Å². The summed E-state index contributed by atoms with van der Waals surface area (Å²) in [5, 5.41) is 13.5. The second kappa shape index (κ2) is 9.06. The van der Waals surface area contributed by atoms with Crippen molar-refractivity contribution >= 4 is 33.6 Å². The molecule has 2 N–H and O–H groups in total. The Bertz CT molecular complexity index is 1270. The van der Waals surface area contributed by atoms with Crippen LogP contribution in [0.4, 0.5) is 0 Å². The maximum Gasteiger partial charge on any atom is 0.258 e. The lowest BCUT2D eigenvalue weighted by atomic mass is 9.88. The van der Waals surface area contributed by atoms with Gasteiger partial charge in [-0.1, -0.05) is 42.0 Å². The van der Waals surface area contributed by atoms with Gasteiger partial charge in [-0.05, 0) is 30.7 Å². The Morgan fingerprint density at radius 1 is 1.27 bits per heavy atom. The first-order valence-electron chi connectivity index (χ1n) is 10.7. The third kappa shape index (κ3) is 4.14. The summed E-state index contributed by atoms with van der Waals surface area (Å²) in [6.07, 6.45) is 4.51. The molecule has 1 aromatic heterocycles. The van der Waals surface area contributed by atoms with E-state index in [2.05, 4.69) is 5.32 Å². The van der Waals surface area contributed by atoms with Crippen LogP contribution >= 0.6 is 11.6 Å². The summed E-state index contributed by atoms with van der Waals surface area (Å²) in [6, 6.07) is 8.65. The third-order valence-corrected chi connectivity index (χ3v) is 8.05. The third-order valence-electron chi connectivity index (χ3n) is 6.46. The molecule has 1 aromatic carbocycles. The van der Waals surface area contributed by atoms with Crippen molar-refractivity contribution in [1.82, 2.24) is 14.2 Å². The zero-order valence-corrected chi connectivity index (χ0v) is 19.9. The molecule has 0 radical (unpaired) electrons. The van der Waals surface area contributed by atoms with E-state index in [4.69, 9.17) is 11.6 Å². The molecule has 0 aliphatic carbocycles. The number of halogens is 1. The molecule has 0 bridgehead atoms. The lowest BCUT2D eigenvalue weighted by Crippen LogP contribution is -2.50. The molecule has 1 saturated heterocycles. The number of hydrogen-bond donors (Lipinski definition) is 2. The van der Waals surface area contributed by atoms with Crippen LogP contribution < -0.4 is 10.9 Å². The van der Waals surface area contributed by atoms with Crippen LogP contribution in [0.5, 0.6) is 0 Å². The largest absolute Gasteiger partial charge is 0.396 e. The van der Waals surface area contributed by atoms with Crippen molar-refractivity contribution in [3.63, 3.8) is 0 Å². The SMILES string of the molecule is CC=Cc1ccc2n(c1=O)C[C@H]1[C@H](CO)[C@@H](C(=O)NCc3ccccc3Cl)N(S(C)(=O)=O)[C@@H]21. The van der Waals surface area contributed by atoms with E-state index in [0.717, 1.165) is 10.6 Å². The van der Waals surface area contributed by atoms with E-state index in [1.165, 1.54) is 0 Å². The van der Waals surface area contributed by atoms with Crippen LogP contribution in [0.25, 0.3) is 6.08 Å². The Morgan fingerprint density at radius 2 is 2.00 bits per heavy atom. The fraction of sp³-hybridized carbons (Fsp3) is 0.391. The van der Waals surface area contributed by atoms with Gasteiger partial charge in [0.25, 0.3) is 5.56 Å². The number of pyridine rings is 1. The molecule has 2 aliphatic heterocycles. The van der Waals surface area contributed by atoms with Crippen molar-refractivity contribution in [2.75, 3.05) is 12.9 Å². The topological polar surface area (TPSA) is 109 Å². The van der Waals surface area contributed by atoms with Gasteiger partial charge in [0.05, 0.1) is 12.3 Å². The molecule has 176 valence electrons. The molecule has 2 aliphatic rings. The highest BCUT2D eigenvalue weighted by Crippen LogP contribution is 2.50. The summed E-state index contributed by atoms with van der Waals surface area (Å²) in [7, 11) is -3.85. The highest BCUT2D eigenvalue weighted by molar-refractivity contribution is 7.88. The summed E-state index contributed by atoms with van der Waals surface area (Å²) in [5.41, 5.74) is 1.51. The monoisotopic (exact) mass is 491 g/mol. The van der Waals surface area contributed by atoms with E-state index in [1.807, 2.05) is 6.92 Å². The van der Waals surface area contributed by atoms with Gasteiger partial charge < -0.3 is 15.0 Å². The molecule has 2 aromatic rings. The van der Waals surface area contributed by atoms with E-state index in [-0.39, 0.29) is 25.3 Å². The van der Waals surface area contributed by atoms with Crippen LogP contribution in [0.15, 0.2) is 47.3 Å². The maximum atomic E-state index is 13.3. The van der Waals surface area contributed by atoms with Gasteiger partial charge in [-0.3, -0.25) is 9.59 Å². The fourth-order valence-electron chi connectivity index (χ4n) is 5.06. The second-order valence-electron chi connectivity index (χ2n) is 8.43. The molecular weight excluding hydrogens is 466 g/mol. The van der Waals surface area contributed by atoms with Crippen LogP contribution in [-0.2, 0) is 27.9 Å². The Kier molecular flexibility index (Phi) is 6.50. The van der Waals surface area contributed by atoms with E-state index in [0.29, 0.717) is 21.8 Å². The minimum Gasteiger partial charge on any atom is -0.396 e. The number of aliphatic hydroxyl groups is 1. The molecule has 33 heavy (non-hydrogen) atoms. The number of fused-ring (bicyclic) bond motifs is 3. The maximum absolute atomic E-state index is 13.3. The molecule has 3 heterocycles. The molecule has 8 nitrogen and oxygen atoms in total. The zero-order valence-electron chi connectivity index (χ0n) is 18.3. The van der Waals surface area contributed by atoms with Crippen molar-refractivity contribution in [2.45, 2.75) is 32.1 Å². The quantitative estimate of drug-likeness (QED) is 0.640. The van der Waals surface area contributed by atoms with Crippen LogP contribution in [0.1, 0.15) is 29.8 Å². The Balaban J connectivity index is 1.71. The van der Waals surface area contributed by atoms with E-state index in [9.17, 15) is 23.1 Å². The minimum absolute atomic E-state index is 0.128. The van der Waals surface area contributed by atoms with Gasteiger partial charge in [-0.15, -0.1) is 0 Å². The predicted octanol–water partition coefficient (Wildman–Crippen LogP) is 1.77. The summed E-state index contributed by atoms with van der Waals surface area (Å²) in [5.74, 6) is -1.58. The number of rotatable bonds is 6. The first-order chi connectivity index (χ1) is 15.7. The lowest BCUT2D eigenvalue weighted by molar-refractivity contribution is -0.126. The van der Waals surface area contributed by atoms with Gasteiger partial charge in [-0.2, -0.15) is 4.31 Å². The lowest BCUT2D eigenvalue weighted by Gasteiger charge is -2.28. The number of aromatic nitrogens is 1. The summed E-state index contributed by atoms with van der Waals surface area (Å²) >= 11 is 6.17. The van der Waals surface area contributed by atoms with Crippen molar-refractivity contribution in [2.24, 2.45) is 11.8 Å². The van der Waals surface area contributed by atoms with Crippen molar-refractivity contribution < 1.29 is 18.3 Å². The highest BCUT2D eigenvalue weighted by Gasteiger charge is 2.58. The molecule has 0 saturated carbocycles. The minimum atomic E-state index is -3.85. The first-order valence-corrected chi connectivity index (χ1v) is 12.9. The Labute approximate surface area is 197 Å². The van der Waals surface area contributed by atoms with Gasteiger partial charge in [0.2, 0.25) is 15.9 Å². The number of carbonyl (C=O) groups excluding carboxylic acids is 1. The summed E-state index contributed by atoms with van der Waals surface area (Å²) in [6.45, 7) is 1.78. The molecular formula is C23H26ClN3O5S. The molecule has 0 spiro atoms. The van der Waals surface area contributed by atoms with Crippen LogP contribution in [0.3, 0.4) is 0 Å². The standard InChI is InChI=1S/C23H26ClN3O5S/c1-3-6-14-9-10-19-20-16(12-26(19)23(14)30)17(13-28)21(27(20)33(2,31)32)22(29)25-11-15-7-4-5-8-18(15)24/h3-10,16-17,20-21,28H,11-13H2,1-2H3,(H,25,29)/t16-,17-,20+,21-/m0/s1. The van der Waals surface area contributed by atoms with Gasteiger partial charge in [0.15, 0.2) is 0 Å². The molecule has 4 rings (SSSR count). The molecule has 1 amide bonds.